The minimum Gasteiger partial charge on any atom is -0.496 e. The van der Waals surface area contributed by atoms with E-state index in [1.54, 1.807) is 31.4 Å². The van der Waals surface area contributed by atoms with E-state index in [0.717, 1.165) is 16.9 Å². The molecule has 0 aliphatic carbocycles. The molecule has 0 aliphatic rings. The van der Waals surface area contributed by atoms with Crippen LogP contribution in [0.3, 0.4) is 0 Å². The molecule has 1 amide bonds. The van der Waals surface area contributed by atoms with Crippen LogP contribution in [0.1, 0.15) is 28.4 Å². The fourth-order valence-corrected chi connectivity index (χ4v) is 2.23. The van der Waals surface area contributed by atoms with Crippen molar-refractivity contribution >= 4 is 17.4 Å². The molecule has 0 saturated heterocycles. The van der Waals surface area contributed by atoms with Crippen molar-refractivity contribution in [2.75, 3.05) is 12.4 Å². The molecule has 22 heavy (non-hydrogen) atoms. The van der Waals surface area contributed by atoms with Gasteiger partial charge in [0.25, 0.3) is 0 Å². The average molecular weight is 297 g/mol. The number of ether oxygens (including phenoxy) is 1. The second kappa shape index (κ2) is 6.89. The Kier molecular flexibility index (Phi) is 4.94. The Morgan fingerprint density at radius 3 is 2.32 bits per heavy atom. The molecule has 4 heteroatoms. The number of anilines is 1. The zero-order valence-electron chi connectivity index (χ0n) is 13.0. The number of ketones is 1. The van der Waals surface area contributed by atoms with Gasteiger partial charge in [0, 0.05) is 11.3 Å². The topological polar surface area (TPSA) is 55.4 Å². The van der Waals surface area contributed by atoms with Crippen molar-refractivity contribution in [2.45, 2.75) is 20.3 Å². The number of hydrogen-bond donors (Lipinski definition) is 1. The van der Waals surface area contributed by atoms with Gasteiger partial charge in [0.2, 0.25) is 5.91 Å². The third kappa shape index (κ3) is 3.95. The number of hydrogen-bond acceptors (Lipinski definition) is 3. The third-order valence-corrected chi connectivity index (χ3v) is 3.40. The van der Waals surface area contributed by atoms with Gasteiger partial charge in [0.1, 0.15) is 5.75 Å². The monoisotopic (exact) mass is 297 g/mol. The first-order valence-corrected chi connectivity index (χ1v) is 7.04. The molecule has 0 unspecified atom stereocenters. The average Bonchev–Trinajstić information content (AvgIpc) is 2.48. The predicted molar refractivity (Wildman–Crippen MR) is 86.5 cm³/mol. The van der Waals surface area contributed by atoms with E-state index in [9.17, 15) is 9.59 Å². The molecule has 2 aromatic carbocycles. The highest BCUT2D eigenvalue weighted by Crippen LogP contribution is 2.19. The molecule has 0 bridgehead atoms. The van der Waals surface area contributed by atoms with Gasteiger partial charge >= 0.3 is 0 Å². The summed E-state index contributed by atoms with van der Waals surface area (Å²) in [4.78, 5) is 23.3. The van der Waals surface area contributed by atoms with Crippen LogP contribution in [0.4, 0.5) is 5.69 Å². The van der Waals surface area contributed by atoms with Crippen LogP contribution in [0, 0.1) is 6.92 Å². The first kappa shape index (κ1) is 15.8. The Bertz CT molecular complexity index is 690. The van der Waals surface area contributed by atoms with Crippen LogP contribution in [-0.4, -0.2) is 18.8 Å². The Labute approximate surface area is 130 Å². The van der Waals surface area contributed by atoms with Gasteiger partial charge in [0.15, 0.2) is 5.78 Å². The van der Waals surface area contributed by atoms with Crippen LogP contribution in [0.15, 0.2) is 42.5 Å². The van der Waals surface area contributed by atoms with E-state index in [1.165, 1.54) is 6.92 Å². The van der Waals surface area contributed by atoms with Crippen molar-refractivity contribution in [1.29, 1.82) is 0 Å². The van der Waals surface area contributed by atoms with E-state index in [2.05, 4.69) is 5.32 Å². The first-order chi connectivity index (χ1) is 10.5. The molecule has 114 valence electrons. The molecule has 0 spiro atoms. The smallest absolute Gasteiger partial charge is 0.228 e. The first-order valence-electron chi connectivity index (χ1n) is 7.04. The van der Waals surface area contributed by atoms with Crippen molar-refractivity contribution in [2.24, 2.45) is 0 Å². The van der Waals surface area contributed by atoms with Crippen molar-refractivity contribution in [3.8, 4) is 5.75 Å². The molecule has 2 aromatic rings. The standard InChI is InChI=1S/C18H19NO3/c1-12-10-14(4-9-17(12)22-3)11-18(21)19-16-7-5-15(6-8-16)13(2)20/h4-10H,11H2,1-3H3,(H,19,21). The summed E-state index contributed by atoms with van der Waals surface area (Å²) < 4.78 is 5.20. The molecular weight excluding hydrogens is 278 g/mol. The van der Waals surface area contributed by atoms with Gasteiger partial charge < -0.3 is 10.1 Å². The number of amides is 1. The fourth-order valence-electron chi connectivity index (χ4n) is 2.23. The van der Waals surface area contributed by atoms with Gasteiger partial charge in [-0.1, -0.05) is 12.1 Å². The van der Waals surface area contributed by atoms with Crippen LogP contribution >= 0.6 is 0 Å². The van der Waals surface area contributed by atoms with Gasteiger partial charge in [-0.15, -0.1) is 0 Å². The summed E-state index contributed by atoms with van der Waals surface area (Å²) in [6.45, 7) is 3.46. The second-order valence-electron chi connectivity index (χ2n) is 5.16. The van der Waals surface area contributed by atoms with Crippen molar-refractivity contribution in [1.82, 2.24) is 0 Å². The zero-order valence-corrected chi connectivity index (χ0v) is 13.0. The van der Waals surface area contributed by atoms with Gasteiger partial charge in [-0.3, -0.25) is 9.59 Å². The lowest BCUT2D eigenvalue weighted by atomic mass is 10.1. The Morgan fingerprint density at radius 2 is 1.77 bits per heavy atom. The van der Waals surface area contributed by atoms with E-state index in [4.69, 9.17) is 4.74 Å². The molecule has 0 radical (unpaired) electrons. The molecule has 1 N–H and O–H groups in total. The number of rotatable bonds is 5. The van der Waals surface area contributed by atoms with Crippen LogP contribution in [-0.2, 0) is 11.2 Å². The molecule has 0 saturated carbocycles. The number of benzene rings is 2. The summed E-state index contributed by atoms with van der Waals surface area (Å²) in [5, 5.41) is 2.82. The number of carbonyl (C=O) groups is 2. The highest BCUT2D eigenvalue weighted by Gasteiger charge is 2.07. The summed E-state index contributed by atoms with van der Waals surface area (Å²) in [6.07, 6.45) is 0.291. The van der Waals surface area contributed by atoms with Gasteiger partial charge in [0.05, 0.1) is 13.5 Å². The van der Waals surface area contributed by atoms with E-state index in [0.29, 0.717) is 17.7 Å². The fraction of sp³-hybridized carbons (Fsp3) is 0.222. The number of carbonyl (C=O) groups excluding carboxylic acids is 2. The summed E-state index contributed by atoms with van der Waals surface area (Å²) in [5.74, 6) is 0.718. The normalized spacial score (nSPS) is 10.1. The Morgan fingerprint density at radius 1 is 1.09 bits per heavy atom. The van der Waals surface area contributed by atoms with Gasteiger partial charge in [-0.2, -0.15) is 0 Å². The SMILES string of the molecule is COc1ccc(CC(=O)Nc2ccc(C(C)=O)cc2)cc1C. The van der Waals surface area contributed by atoms with Crippen molar-refractivity contribution in [3.63, 3.8) is 0 Å². The summed E-state index contributed by atoms with van der Waals surface area (Å²) in [5.41, 5.74) is 3.23. The predicted octanol–water partition coefficient (Wildman–Crippen LogP) is 3.39. The second-order valence-corrected chi connectivity index (χ2v) is 5.16. The summed E-state index contributed by atoms with van der Waals surface area (Å²) >= 11 is 0. The van der Waals surface area contributed by atoms with Gasteiger partial charge in [-0.05, 0) is 55.3 Å². The lowest BCUT2D eigenvalue weighted by molar-refractivity contribution is -0.115. The molecule has 0 atom stereocenters. The minimum absolute atomic E-state index is 0.00610. The Balaban J connectivity index is 2.00. The molecular formula is C18H19NO3. The maximum atomic E-state index is 12.1. The lowest BCUT2D eigenvalue weighted by Gasteiger charge is -2.08. The lowest BCUT2D eigenvalue weighted by Crippen LogP contribution is -2.14. The Hall–Kier alpha value is -2.62. The number of nitrogens with one attached hydrogen (secondary N) is 1. The van der Waals surface area contributed by atoms with E-state index >= 15 is 0 Å². The van der Waals surface area contributed by atoms with E-state index in [-0.39, 0.29) is 11.7 Å². The summed E-state index contributed by atoms with van der Waals surface area (Å²) in [7, 11) is 1.62. The molecule has 0 fully saturated rings. The van der Waals surface area contributed by atoms with E-state index < -0.39 is 0 Å². The molecule has 0 aliphatic heterocycles. The molecule has 0 aromatic heterocycles. The zero-order chi connectivity index (χ0) is 16.1. The highest BCUT2D eigenvalue weighted by atomic mass is 16.5. The molecule has 2 rings (SSSR count). The molecule has 0 heterocycles. The van der Waals surface area contributed by atoms with Crippen LogP contribution in [0.2, 0.25) is 0 Å². The van der Waals surface area contributed by atoms with Crippen LogP contribution in [0.25, 0.3) is 0 Å². The summed E-state index contributed by atoms with van der Waals surface area (Å²) in [6, 6.07) is 12.5. The van der Waals surface area contributed by atoms with Crippen LogP contribution in [0.5, 0.6) is 5.75 Å². The van der Waals surface area contributed by atoms with Crippen molar-refractivity contribution < 1.29 is 14.3 Å². The van der Waals surface area contributed by atoms with Crippen LogP contribution < -0.4 is 10.1 Å². The number of methoxy groups -OCH3 is 1. The van der Waals surface area contributed by atoms with Gasteiger partial charge in [-0.25, -0.2) is 0 Å². The van der Waals surface area contributed by atoms with E-state index in [1.807, 2.05) is 25.1 Å². The maximum absolute atomic E-state index is 12.1. The third-order valence-electron chi connectivity index (χ3n) is 3.40. The maximum Gasteiger partial charge on any atom is 0.228 e. The quantitative estimate of drug-likeness (QED) is 0.861. The highest BCUT2D eigenvalue weighted by molar-refractivity contribution is 5.96. The largest absolute Gasteiger partial charge is 0.496 e. The van der Waals surface area contributed by atoms with Crippen molar-refractivity contribution in [3.05, 3.63) is 59.2 Å². The minimum atomic E-state index is -0.0971. The number of aryl methyl sites for hydroxylation is 1. The molecule has 4 nitrogen and oxygen atoms in total. The number of Topliss-reactive ketones (excluding diaryl/α,β-unsaturated/α-hetero) is 1.